The first-order chi connectivity index (χ1) is 26.0. The lowest BCUT2D eigenvalue weighted by Gasteiger charge is -2.22. The molecule has 8 aromatic carbocycles. The molecule has 0 unspecified atom stereocenters. The molecular formula is C51H38N2. The summed E-state index contributed by atoms with van der Waals surface area (Å²) in [6.07, 6.45) is 3.78. The molecule has 9 rings (SSSR count). The van der Waals surface area contributed by atoms with E-state index in [2.05, 4.69) is 129 Å². The van der Waals surface area contributed by atoms with Crippen molar-refractivity contribution in [2.75, 3.05) is 0 Å². The molecule has 0 amide bonds. The molecule has 0 radical (unpaired) electrons. The topological polar surface area (TPSA) is 36.2 Å². The second-order valence-electron chi connectivity index (χ2n) is 14.4. The molecule has 2 nitrogen and oxygen atoms in total. The Labute approximate surface area is 311 Å². The number of nitrogens with zero attached hydrogens (tertiary/aromatic N) is 1. The quantitative estimate of drug-likeness (QED) is 0.163. The number of allylic oxidation sites excluding steroid dienone is 1. The first-order valence-electron chi connectivity index (χ1n) is 18.2. The minimum Gasteiger partial charge on any atom is -0.300 e. The molecule has 0 aromatic heterocycles. The van der Waals surface area contributed by atoms with Crippen LogP contribution in [0.3, 0.4) is 0 Å². The van der Waals surface area contributed by atoms with Crippen molar-refractivity contribution >= 4 is 39.2 Å². The van der Waals surface area contributed by atoms with Crippen LogP contribution in [0.15, 0.2) is 187 Å². The van der Waals surface area contributed by atoms with Crippen LogP contribution in [0.2, 0.25) is 0 Å². The lowest BCUT2D eigenvalue weighted by atomic mass is 9.81. The Morgan fingerprint density at radius 3 is 1.87 bits per heavy atom. The van der Waals surface area contributed by atoms with E-state index in [-0.39, 0.29) is 5.41 Å². The van der Waals surface area contributed by atoms with Crippen LogP contribution in [-0.2, 0) is 5.41 Å². The average Bonchev–Trinajstić information content (AvgIpc) is 3.45. The van der Waals surface area contributed by atoms with Crippen LogP contribution in [0.5, 0.6) is 0 Å². The van der Waals surface area contributed by atoms with Gasteiger partial charge in [0.05, 0.1) is 11.4 Å². The molecule has 252 valence electrons. The molecular weight excluding hydrogens is 641 g/mol. The van der Waals surface area contributed by atoms with Crippen LogP contribution in [0, 0.1) is 5.41 Å². The number of hydrogen-bond acceptors (Lipinski definition) is 2. The summed E-state index contributed by atoms with van der Waals surface area (Å²) in [6, 6.07) is 62.1. The molecule has 1 aliphatic carbocycles. The molecule has 1 aliphatic rings. The van der Waals surface area contributed by atoms with Gasteiger partial charge in [0, 0.05) is 22.8 Å². The van der Waals surface area contributed by atoms with Gasteiger partial charge in [0.2, 0.25) is 0 Å². The molecule has 2 heteroatoms. The Kier molecular flexibility index (Phi) is 8.01. The van der Waals surface area contributed by atoms with Gasteiger partial charge in [-0.3, -0.25) is 4.99 Å². The van der Waals surface area contributed by atoms with Crippen molar-refractivity contribution in [2.45, 2.75) is 19.3 Å². The summed E-state index contributed by atoms with van der Waals surface area (Å²) < 4.78 is 0. The van der Waals surface area contributed by atoms with Crippen molar-refractivity contribution in [3.8, 4) is 33.4 Å². The van der Waals surface area contributed by atoms with Gasteiger partial charge in [-0.05, 0) is 83.8 Å². The average molecular weight is 679 g/mol. The molecule has 0 bridgehead atoms. The van der Waals surface area contributed by atoms with Crippen molar-refractivity contribution in [2.24, 2.45) is 4.99 Å². The highest BCUT2D eigenvalue weighted by Gasteiger charge is 2.36. The van der Waals surface area contributed by atoms with Crippen molar-refractivity contribution in [3.63, 3.8) is 0 Å². The normalized spacial score (nSPS) is 13.4. The molecule has 0 heterocycles. The third-order valence-corrected chi connectivity index (χ3v) is 10.8. The van der Waals surface area contributed by atoms with E-state index in [1.54, 1.807) is 0 Å². The van der Waals surface area contributed by atoms with E-state index >= 15 is 0 Å². The first kappa shape index (κ1) is 32.3. The lowest BCUT2D eigenvalue weighted by Crippen LogP contribution is -2.15. The van der Waals surface area contributed by atoms with Gasteiger partial charge in [-0.1, -0.05) is 184 Å². The van der Waals surface area contributed by atoms with E-state index in [1.807, 2.05) is 73.0 Å². The largest absolute Gasteiger partial charge is 0.300 e. The van der Waals surface area contributed by atoms with Gasteiger partial charge in [0.25, 0.3) is 0 Å². The fourth-order valence-corrected chi connectivity index (χ4v) is 8.00. The number of aliphatic imine (C=N–C) groups is 1. The van der Waals surface area contributed by atoms with Gasteiger partial charge >= 0.3 is 0 Å². The number of benzene rings is 8. The maximum atomic E-state index is 8.77. The molecule has 0 aliphatic heterocycles. The standard InChI is InChI=1S/C51H38N2/c1-51(2)46-30-27-35-13-9-10-19-43(35)50(46)45-29-25-39(31-47(45)51)34-21-23-36(24-22-34)42-28-26-40(41-18-11-12-20-44(41)42)33-53-49(38-16-7-4-8-17-38)32-48(52)37-14-5-3-6-15-37/h3-33,52H,1-2H3/b49-32-,52-48?,53-33?. The van der Waals surface area contributed by atoms with Gasteiger partial charge in [0.15, 0.2) is 0 Å². The van der Waals surface area contributed by atoms with E-state index in [4.69, 9.17) is 10.4 Å². The Hall–Kier alpha value is -6.64. The predicted molar refractivity (Wildman–Crippen MR) is 225 cm³/mol. The predicted octanol–water partition coefficient (Wildman–Crippen LogP) is 13.2. The third-order valence-electron chi connectivity index (χ3n) is 10.8. The summed E-state index contributed by atoms with van der Waals surface area (Å²) in [5.41, 5.74) is 14.3. The van der Waals surface area contributed by atoms with Gasteiger partial charge in [-0.2, -0.15) is 0 Å². The highest BCUT2D eigenvalue weighted by molar-refractivity contribution is 6.12. The number of nitrogens with one attached hydrogen (secondary N) is 1. The Morgan fingerprint density at radius 2 is 1.11 bits per heavy atom. The van der Waals surface area contributed by atoms with Crippen molar-refractivity contribution in [1.82, 2.24) is 0 Å². The second-order valence-corrected chi connectivity index (χ2v) is 14.4. The highest BCUT2D eigenvalue weighted by Crippen LogP contribution is 2.52. The van der Waals surface area contributed by atoms with E-state index in [1.165, 1.54) is 60.7 Å². The van der Waals surface area contributed by atoms with Crippen molar-refractivity contribution in [1.29, 1.82) is 5.41 Å². The van der Waals surface area contributed by atoms with E-state index in [0.29, 0.717) is 5.71 Å². The number of hydrogen-bond donors (Lipinski definition) is 1. The molecule has 0 saturated heterocycles. The molecule has 8 aromatic rings. The Balaban J connectivity index is 1.04. The summed E-state index contributed by atoms with van der Waals surface area (Å²) in [4.78, 5) is 4.99. The van der Waals surface area contributed by atoms with Crippen molar-refractivity contribution < 1.29 is 0 Å². The maximum Gasteiger partial charge on any atom is 0.0723 e. The zero-order valence-corrected chi connectivity index (χ0v) is 29.8. The minimum absolute atomic E-state index is 0.0735. The summed E-state index contributed by atoms with van der Waals surface area (Å²) in [5.74, 6) is 0. The smallest absolute Gasteiger partial charge is 0.0723 e. The molecule has 0 saturated carbocycles. The number of rotatable bonds is 7. The fourth-order valence-electron chi connectivity index (χ4n) is 8.00. The summed E-state index contributed by atoms with van der Waals surface area (Å²) in [6.45, 7) is 4.71. The monoisotopic (exact) mass is 678 g/mol. The lowest BCUT2D eigenvalue weighted by molar-refractivity contribution is 0.661. The Morgan fingerprint density at radius 1 is 0.509 bits per heavy atom. The highest BCUT2D eigenvalue weighted by atomic mass is 14.7. The molecule has 53 heavy (non-hydrogen) atoms. The van der Waals surface area contributed by atoms with Crippen LogP contribution in [0.25, 0.3) is 60.6 Å². The van der Waals surface area contributed by atoms with Gasteiger partial charge in [0.1, 0.15) is 0 Å². The minimum atomic E-state index is -0.0735. The zero-order chi connectivity index (χ0) is 35.9. The summed E-state index contributed by atoms with van der Waals surface area (Å²) >= 11 is 0. The molecule has 0 spiro atoms. The van der Waals surface area contributed by atoms with Crippen LogP contribution >= 0.6 is 0 Å². The van der Waals surface area contributed by atoms with E-state index < -0.39 is 0 Å². The number of fused-ring (bicyclic) bond motifs is 6. The van der Waals surface area contributed by atoms with Crippen molar-refractivity contribution in [3.05, 3.63) is 210 Å². The first-order valence-corrected chi connectivity index (χ1v) is 18.2. The van der Waals surface area contributed by atoms with Crippen LogP contribution < -0.4 is 0 Å². The molecule has 1 N–H and O–H groups in total. The summed E-state index contributed by atoms with van der Waals surface area (Å²) in [7, 11) is 0. The zero-order valence-electron chi connectivity index (χ0n) is 29.8. The fraction of sp³-hybridized carbons (Fsp3) is 0.0588. The van der Waals surface area contributed by atoms with Crippen LogP contribution in [0.4, 0.5) is 0 Å². The van der Waals surface area contributed by atoms with E-state index in [0.717, 1.165) is 27.8 Å². The van der Waals surface area contributed by atoms with Crippen LogP contribution in [0.1, 0.15) is 41.7 Å². The van der Waals surface area contributed by atoms with E-state index in [9.17, 15) is 0 Å². The van der Waals surface area contributed by atoms with Gasteiger partial charge < -0.3 is 5.41 Å². The maximum absolute atomic E-state index is 8.77. The third kappa shape index (κ3) is 5.79. The molecule has 0 fully saturated rings. The second kappa shape index (κ2) is 13.2. The van der Waals surface area contributed by atoms with Gasteiger partial charge in [-0.15, -0.1) is 0 Å². The Bertz CT molecular complexity index is 2730. The van der Waals surface area contributed by atoms with Gasteiger partial charge in [-0.25, -0.2) is 0 Å². The summed E-state index contributed by atoms with van der Waals surface area (Å²) in [5, 5.41) is 13.7. The SMILES string of the molecule is CC1(C)c2cc(-c3ccc(-c4ccc(C=N/C(=C\C(=N)c5ccccc5)c5ccccc5)c5ccccc45)cc3)ccc2-c2c1ccc1ccccc21. The van der Waals surface area contributed by atoms with Crippen LogP contribution in [-0.4, -0.2) is 11.9 Å². The molecule has 0 atom stereocenters.